The average molecular weight is 508 g/mol. The van der Waals surface area contributed by atoms with E-state index >= 15 is 0 Å². The van der Waals surface area contributed by atoms with Gasteiger partial charge in [0.2, 0.25) is 5.91 Å². The summed E-state index contributed by atoms with van der Waals surface area (Å²) in [5, 5.41) is 29.5. The minimum absolute atomic E-state index is 0.0119. The van der Waals surface area contributed by atoms with Gasteiger partial charge in [-0.3, -0.25) is 9.48 Å². The zero-order valence-electron chi connectivity index (χ0n) is 21.9. The molecule has 2 atom stereocenters. The van der Waals surface area contributed by atoms with Crippen LogP contribution in [0.15, 0.2) is 91.3 Å². The molecule has 3 aromatic carbocycles. The van der Waals surface area contributed by atoms with E-state index in [0.717, 1.165) is 22.3 Å². The van der Waals surface area contributed by atoms with Gasteiger partial charge in [0.15, 0.2) is 0 Å². The van der Waals surface area contributed by atoms with E-state index in [2.05, 4.69) is 28.7 Å². The molecular weight excluding hydrogens is 474 g/mol. The molecule has 0 radical (unpaired) electrons. The number of rotatable bonds is 10. The molecule has 1 amide bonds. The normalized spacial score (nSPS) is 12.9. The fraction of sp³-hybridized carbons (Fsp3) is 0.258. The van der Waals surface area contributed by atoms with Crippen molar-refractivity contribution in [3.63, 3.8) is 0 Å². The lowest BCUT2D eigenvalue weighted by Gasteiger charge is -2.22. The van der Waals surface area contributed by atoms with E-state index in [1.165, 1.54) is 0 Å². The predicted molar refractivity (Wildman–Crippen MR) is 149 cm³/mol. The Balaban J connectivity index is 1.45. The molecule has 7 heteroatoms. The Morgan fingerprint density at radius 3 is 2.32 bits per heavy atom. The number of carbonyl (C=O) groups is 1. The summed E-state index contributed by atoms with van der Waals surface area (Å²) in [4.78, 5) is 13.4. The third-order valence-electron chi connectivity index (χ3n) is 6.71. The second-order valence-electron chi connectivity index (χ2n) is 10.1. The summed E-state index contributed by atoms with van der Waals surface area (Å²) in [6, 6.07) is 26.5. The molecular formula is C31H33N5O2. The van der Waals surface area contributed by atoms with Gasteiger partial charge < -0.3 is 15.7 Å². The van der Waals surface area contributed by atoms with E-state index in [4.69, 9.17) is 5.26 Å². The fourth-order valence-electron chi connectivity index (χ4n) is 4.14. The van der Waals surface area contributed by atoms with Crippen LogP contribution in [0.4, 0.5) is 5.69 Å². The van der Waals surface area contributed by atoms with Gasteiger partial charge in [-0.25, -0.2) is 0 Å². The van der Waals surface area contributed by atoms with Crippen molar-refractivity contribution in [2.24, 2.45) is 0 Å². The number of hydrogen-bond acceptors (Lipinski definition) is 5. The maximum absolute atomic E-state index is 13.4. The van der Waals surface area contributed by atoms with Crippen LogP contribution >= 0.6 is 0 Å². The molecule has 0 aliphatic carbocycles. The zero-order chi connectivity index (χ0) is 27.1. The van der Waals surface area contributed by atoms with E-state index in [1.807, 2.05) is 98.9 Å². The summed E-state index contributed by atoms with van der Waals surface area (Å²) in [7, 11) is 0. The van der Waals surface area contributed by atoms with Gasteiger partial charge in [-0.05, 0) is 60.7 Å². The van der Waals surface area contributed by atoms with Crippen molar-refractivity contribution >= 4 is 11.6 Å². The molecule has 4 aromatic rings. The summed E-state index contributed by atoms with van der Waals surface area (Å²) in [5.41, 5.74) is 4.73. The summed E-state index contributed by atoms with van der Waals surface area (Å²) in [6.45, 7) is 6.51. The highest BCUT2D eigenvalue weighted by atomic mass is 16.3. The van der Waals surface area contributed by atoms with Gasteiger partial charge in [-0.15, -0.1) is 0 Å². The molecule has 0 bridgehead atoms. The minimum atomic E-state index is -0.532. The van der Waals surface area contributed by atoms with Crippen molar-refractivity contribution in [2.45, 2.75) is 38.3 Å². The quantitative estimate of drug-likeness (QED) is 0.273. The van der Waals surface area contributed by atoms with Crippen LogP contribution in [-0.2, 0) is 10.3 Å². The van der Waals surface area contributed by atoms with Crippen molar-refractivity contribution in [1.29, 1.82) is 5.26 Å². The number of nitrogens with one attached hydrogen (secondary N) is 2. The molecule has 0 spiro atoms. The molecule has 0 unspecified atom stereocenters. The van der Waals surface area contributed by atoms with Gasteiger partial charge in [0.25, 0.3) is 0 Å². The van der Waals surface area contributed by atoms with Gasteiger partial charge in [0.05, 0.1) is 30.0 Å². The van der Waals surface area contributed by atoms with Crippen molar-refractivity contribution < 1.29 is 9.90 Å². The lowest BCUT2D eigenvalue weighted by molar-refractivity contribution is -0.118. The maximum Gasteiger partial charge on any atom is 0.246 e. The van der Waals surface area contributed by atoms with Crippen LogP contribution in [0.2, 0.25) is 0 Å². The summed E-state index contributed by atoms with van der Waals surface area (Å²) in [6.07, 6.45) is 3.68. The number of aliphatic hydroxyl groups excluding tert-OH is 1. The molecule has 1 aromatic heterocycles. The number of nitriles is 1. The Morgan fingerprint density at radius 2 is 1.68 bits per heavy atom. The lowest BCUT2D eigenvalue weighted by Crippen LogP contribution is -2.35. The number of carbonyl (C=O) groups excluding carboxylic acids is 1. The molecule has 0 fully saturated rings. The van der Waals surface area contributed by atoms with Crippen LogP contribution in [0.5, 0.6) is 0 Å². The monoisotopic (exact) mass is 507 g/mol. The largest absolute Gasteiger partial charge is 0.394 e. The Bertz CT molecular complexity index is 1390. The minimum Gasteiger partial charge on any atom is -0.394 e. The smallest absolute Gasteiger partial charge is 0.246 e. The van der Waals surface area contributed by atoms with Crippen molar-refractivity contribution in [1.82, 2.24) is 15.1 Å². The number of anilines is 1. The number of hydrogen-bond donors (Lipinski definition) is 3. The Kier molecular flexibility index (Phi) is 8.37. The molecule has 0 saturated heterocycles. The molecule has 0 saturated carbocycles. The third kappa shape index (κ3) is 6.35. The number of aliphatic hydroxyl groups is 1. The van der Waals surface area contributed by atoms with E-state index in [-0.39, 0.29) is 18.4 Å². The molecule has 194 valence electrons. The highest BCUT2D eigenvalue weighted by Crippen LogP contribution is 2.25. The molecule has 38 heavy (non-hydrogen) atoms. The van der Waals surface area contributed by atoms with Crippen molar-refractivity contribution in [2.75, 3.05) is 18.5 Å². The van der Waals surface area contributed by atoms with Crippen LogP contribution in [0.3, 0.4) is 0 Å². The van der Waals surface area contributed by atoms with Gasteiger partial charge in [0.1, 0.15) is 6.04 Å². The van der Waals surface area contributed by atoms with Crippen LogP contribution in [-0.4, -0.2) is 33.9 Å². The van der Waals surface area contributed by atoms with E-state index in [1.54, 1.807) is 10.9 Å². The SMILES string of the molecule is C[C@H](CN[C@H](C(=O)Nc1ccc(-c2cnn(C(C)(C)CO)c2)cc1)c1ccccc1)c1ccc(C#N)cc1. The number of nitrogens with zero attached hydrogens (tertiary/aromatic N) is 3. The van der Waals surface area contributed by atoms with Crippen LogP contribution in [0.25, 0.3) is 11.1 Å². The molecule has 1 heterocycles. The fourth-order valence-corrected chi connectivity index (χ4v) is 4.14. The second-order valence-corrected chi connectivity index (χ2v) is 10.1. The van der Waals surface area contributed by atoms with Gasteiger partial charge in [-0.2, -0.15) is 10.4 Å². The van der Waals surface area contributed by atoms with Gasteiger partial charge in [-0.1, -0.05) is 61.5 Å². The first kappa shape index (κ1) is 26.8. The zero-order valence-corrected chi connectivity index (χ0v) is 21.9. The summed E-state index contributed by atoms with van der Waals surface area (Å²) >= 11 is 0. The Morgan fingerprint density at radius 1 is 1.00 bits per heavy atom. The van der Waals surface area contributed by atoms with Crippen LogP contribution < -0.4 is 10.6 Å². The molecule has 0 aliphatic heterocycles. The van der Waals surface area contributed by atoms with Crippen LogP contribution in [0.1, 0.15) is 49.4 Å². The first-order valence-electron chi connectivity index (χ1n) is 12.7. The topological polar surface area (TPSA) is 103 Å². The predicted octanol–water partition coefficient (Wildman–Crippen LogP) is 5.22. The first-order chi connectivity index (χ1) is 18.3. The third-order valence-corrected chi connectivity index (χ3v) is 6.71. The standard InChI is InChI=1S/C31H33N5O2/c1-22(24-11-9-23(17-32)10-12-24)18-33-29(26-7-5-4-6-8-26)30(38)35-28-15-13-25(14-16-28)27-19-34-36(20-27)31(2,3)21-37/h4-16,19-20,22,29,33,37H,18,21H2,1-3H3,(H,35,38)/t22-,29+/m1/s1. The lowest BCUT2D eigenvalue weighted by atomic mass is 9.98. The highest BCUT2D eigenvalue weighted by Gasteiger charge is 2.22. The second kappa shape index (κ2) is 11.9. The van der Waals surface area contributed by atoms with Crippen molar-refractivity contribution in [3.05, 3.63) is 108 Å². The molecule has 3 N–H and O–H groups in total. The van der Waals surface area contributed by atoms with Crippen LogP contribution in [0, 0.1) is 11.3 Å². The summed E-state index contributed by atoms with van der Waals surface area (Å²) in [5.74, 6) is 0.00580. The number of aromatic nitrogens is 2. The number of benzene rings is 3. The van der Waals surface area contributed by atoms with E-state index in [0.29, 0.717) is 17.8 Å². The summed E-state index contributed by atoms with van der Waals surface area (Å²) < 4.78 is 1.76. The molecule has 4 rings (SSSR count). The van der Waals surface area contributed by atoms with Gasteiger partial charge in [0, 0.05) is 24.0 Å². The van der Waals surface area contributed by atoms with E-state index < -0.39 is 11.6 Å². The van der Waals surface area contributed by atoms with E-state index in [9.17, 15) is 9.90 Å². The Labute approximate surface area is 223 Å². The molecule has 7 nitrogen and oxygen atoms in total. The maximum atomic E-state index is 13.4. The number of amides is 1. The van der Waals surface area contributed by atoms with Gasteiger partial charge >= 0.3 is 0 Å². The first-order valence-corrected chi connectivity index (χ1v) is 12.7. The average Bonchev–Trinajstić information content (AvgIpc) is 3.45. The molecule has 0 aliphatic rings. The van der Waals surface area contributed by atoms with Crippen molar-refractivity contribution in [3.8, 4) is 17.2 Å². The highest BCUT2D eigenvalue weighted by molar-refractivity contribution is 5.95. The Hall–Kier alpha value is -4.25.